The van der Waals surface area contributed by atoms with Crippen LogP contribution < -0.4 is 5.32 Å². The highest BCUT2D eigenvalue weighted by Crippen LogP contribution is 2.32. The molecule has 2 rings (SSSR count). The van der Waals surface area contributed by atoms with E-state index in [1.807, 2.05) is 0 Å². The molecular weight excluding hydrogens is 260 g/mol. The van der Waals surface area contributed by atoms with Gasteiger partial charge < -0.3 is 10.4 Å². The number of hydrogen-bond donors (Lipinski definition) is 2. The van der Waals surface area contributed by atoms with Crippen molar-refractivity contribution in [3.05, 3.63) is 22.7 Å². The third-order valence-electron chi connectivity index (χ3n) is 2.93. The minimum absolute atomic E-state index is 0.110. The van der Waals surface area contributed by atoms with Crippen molar-refractivity contribution in [2.45, 2.75) is 33.1 Å². The molecule has 0 spiro atoms. The number of hydrogen-bond acceptors (Lipinski definition) is 4. The number of aryl methyl sites for hydroxylation is 1. The van der Waals surface area contributed by atoms with Crippen molar-refractivity contribution in [2.24, 2.45) is 0 Å². The van der Waals surface area contributed by atoms with Crippen LogP contribution in [0.25, 0.3) is 10.1 Å². The normalized spacial score (nSPS) is 11.2. The molecule has 2 heterocycles. The van der Waals surface area contributed by atoms with Gasteiger partial charge in [0.25, 0.3) is 0 Å². The Kier molecular flexibility index (Phi) is 4.04. The van der Waals surface area contributed by atoms with Crippen LogP contribution in [0.3, 0.4) is 0 Å². The summed E-state index contributed by atoms with van der Waals surface area (Å²) in [6.07, 6.45) is 0.981. The number of fused-ring (bicyclic) bond motifs is 1. The van der Waals surface area contributed by atoms with Crippen molar-refractivity contribution >= 4 is 33.2 Å². The number of carboxylic acid groups (broad SMARTS) is 1. The van der Waals surface area contributed by atoms with E-state index in [1.165, 1.54) is 9.58 Å². The van der Waals surface area contributed by atoms with Gasteiger partial charge in [-0.05, 0) is 24.5 Å². The van der Waals surface area contributed by atoms with Gasteiger partial charge in [-0.25, -0.2) is 4.98 Å². The van der Waals surface area contributed by atoms with E-state index in [-0.39, 0.29) is 6.54 Å². The van der Waals surface area contributed by atoms with Crippen LogP contribution in [0.2, 0.25) is 0 Å². The maximum atomic E-state index is 10.7. The lowest BCUT2D eigenvalue weighted by Gasteiger charge is -2.09. The van der Waals surface area contributed by atoms with Gasteiger partial charge in [0.05, 0.1) is 0 Å². The van der Waals surface area contributed by atoms with Gasteiger partial charge in [0.2, 0.25) is 0 Å². The van der Waals surface area contributed by atoms with Gasteiger partial charge in [0.15, 0.2) is 0 Å². The molecule has 2 aromatic heterocycles. The largest absolute Gasteiger partial charge is 0.480 e. The molecule has 0 aliphatic rings. The molecule has 0 atom stereocenters. The van der Waals surface area contributed by atoms with E-state index in [0.29, 0.717) is 11.7 Å². The number of nitrogens with one attached hydrogen (secondary N) is 1. The summed E-state index contributed by atoms with van der Waals surface area (Å²) in [7, 11) is 0. The van der Waals surface area contributed by atoms with Gasteiger partial charge in [-0.2, -0.15) is 0 Å². The zero-order valence-corrected chi connectivity index (χ0v) is 12.2. The molecule has 2 aromatic rings. The van der Waals surface area contributed by atoms with Crippen molar-refractivity contribution in [1.29, 1.82) is 0 Å². The number of rotatable bonds is 5. The summed E-state index contributed by atoms with van der Waals surface area (Å²) in [5.74, 6) is 0.123. The SMILES string of the molecule is CCc1cc2c(NCC(=O)O)nc(C(C)C)cc2s1. The first-order chi connectivity index (χ1) is 9.01. The van der Waals surface area contributed by atoms with Crippen LogP contribution in [-0.4, -0.2) is 22.6 Å². The molecular formula is C14H18N2O2S. The van der Waals surface area contributed by atoms with Crippen LogP contribution in [-0.2, 0) is 11.2 Å². The van der Waals surface area contributed by atoms with Crippen LogP contribution >= 0.6 is 11.3 Å². The van der Waals surface area contributed by atoms with E-state index in [0.717, 1.165) is 17.5 Å². The van der Waals surface area contributed by atoms with Gasteiger partial charge >= 0.3 is 5.97 Å². The molecule has 0 aliphatic carbocycles. The fourth-order valence-electron chi connectivity index (χ4n) is 1.87. The summed E-state index contributed by atoms with van der Waals surface area (Å²) < 4.78 is 1.17. The molecule has 0 fully saturated rings. The van der Waals surface area contributed by atoms with Gasteiger partial charge in [-0.15, -0.1) is 11.3 Å². The zero-order valence-electron chi connectivity index (χ0n) is 11.4. The number of carbonyl (C=O) groups is 1. The Morgan fingerprint density at radius 2 is 2.21 bits per heavy atom. The van der Waals surface area contributed by atoms with Gasteiger partial charge in [0, 0.05) is 20.7 Å². The first-order valence-corrected chi connectivity index (χ1v) is 7.22. The number of carboxylic acids is 1. The van der Waals surface area contributed by atoms with Crippen molar-refractivity contribution < 1.29 is 9.90 Å². The second-order valence-electron chi connectivity index (χ2n) is 4.78. The molecule has 4 nitrogen and oxygen atoms in total. The van der Waals surface area contributed by atoms with Crippen LogP contribution in [0.15, 0.2) is 12.1 Å². The second kappa shape index (κ2) is 5.57. The molecule has 0 saturated heterocycles. The molecule has 0 unspecified atom stereocenters. The third-order valence-corrected chi connectivity index (χ3v) is 4.16. The molecule has 5 heteroatoms. The fourth-order valence-corrected chi connectivity index (χ4v) is 2.92. The Labute approximate surface area is 116 Å². The quantitative estimate of drug-likeness (QED) is 0.879. The van der Waals surface area contributed by atoms with Crippen molar-refractivity contribution in [3.63, 3.8) is 0 Å². The Balaban J connectivity index is 2.50. The molecule has 102 valence electrons. The van der Waals surface area contributed by atoms with E-state index in [2.05, 4.69) is 43.2 Å². The van der Waals surface area contributed by atoms with E-state index >= 15 is 0 Å². The number of thiophene rings is 1. The lowest BCUT2D eigenvalue weighted by molar-refractivity contribution is -0.134. The maximum absolute atomic E-state index is 10.7. The number of aromatic nitrogens is 1. The topological polar surface area (TPSA) is 62.2 Å². The van der Waals surface area contributed by atoms with Crippen molar-refractivity contribution in [1.82, 2.24) is 4.98 Å². The summed E-state index contributed by atoms with van der Waals surface area (Å²) in [6.45, 7) is 6.18. The molecule has 2 N–H and O–H groups in total. The van der Waals surface area contributed by atoms with Crippen molar-refractivity contribution in [2.75, 3.05) is 11.9 Å². The summed E-state index contributed by atoms with van der Waals surface area (Å²) in [5, 5.41) is 12.7. The molecule has 0 aliphatic heterocycles. The van der Waals surface area contributed by atoms with E-state index in [1.54, 1.807) is 11.3 Å². The minimum atomic E-state index is -0.879. The van der Waals surface area contributed by atoms with Gasteiger partial charge in [0.1, 0.15) is 12.4 Å². The average Bonchev–Trinajstić information content (AvgIpc) is 2.78. The third kappa shape index (κ3) is 3.04. The van der Waals surface area contributed by atoms with Gasteiger partial charge in [-0.1, -0.05) is 20.8 Å². The number of aliphatic carboxylic acids is 1. The first-order valence-electron chi connectivity index (χ1n) is 6.40. The molecule has 0 bridgehead atoms. The zero-order chi connectivity index (χ0) is 14.0. The minimum Gasteiger partial charge on any atom is -0.480 e. The van der Waals surface area contributed by atoms with Crippen LogP contribution in [0.5, 0.6) is 0 Å². The molecule has 0 saturated carbocycles. The van der Waals surface area contributed by atoms with Crippen LogP contribution in [0, 0.1) is 0 Å². The molecule has 19 heavy (non-hydrogen) atoms. The highest BCUT2D eigenvalue weighted by molar-refractivity contribution is 7.19. The fraction of sp³-hybridized carbons (Fsp3) is 0.429. The Hall–Kier alpha value is -1.62. The van der Waals surface area contributed by atoms with E-state index < -0.39 is 5.97 Å². The Bertz CT molecular complexity index is 605. The molecule has 0 amide bonds. The summed E-state index contributed by atoms with van der Waals surface area (Å²) in [6, 6.07) is 4.21. The van der Waals surface area contributed by atoms with Crippen molar-refractivity contribution in [3.8, 4) is 0 Å². The van der Waals surface area contributed by atoms with Crippen LogP contribution in [0.1, 0.15) is 37.3 Å². The highest BCUT2D eigenvalue weighted by Gasteiger charge is 2.12. The predicted molar refractivity (Wildman–Crippen MR) is 79.2 cm³/mol. The number of nitrogens with zero attached hydrogens (tertiary/aromatic N) is 1. The lowest BCUT2D eigenvalue weighted by atomic mass is 10.1. The lowest BCUT2D eigenvalue weighted by Crippen LogP contribution is -2.14. The standard InChI is InChI=1S/C14H18N2O2S/c1-4-9-5-10-12(19-9)6-11(8(2)3)16-14(10)15-7-13(17)18/h5-6,8H,4,7H2,1-3H3,(H,15,16)(H,17,18). The Morgan fingerprint density at radius 1 is 1.47 bits per heavy atom. The number of anilines is 1. The monoisotopic (exact) mass is 278 g/mol. The summed E-state index contributed by atoms with van der Waals surface area (Å²) >= 11 is 1.75. The predicted octanol–water partition coefficient (Wildman–Crippen LogP) is 3.48. The molecule has 0 aromatic carbocycles. The summed E-state index contributed by atoms with van der Waals surface area (Å²) in [5.41, 5.74) is 0.991. The van der Waals surface area contributed by atoms with Crippen LogP contribution in [0.4, 0.5) is 5.82 Å². The first kappa shape index (κ1) is 13.8. The maximum Gasteiger partial charge on any atom is 0.322 e. The van der Waals surface area contributed by atoms with E-state index in [9.17, 15) is 4.79 Å². The smallest absolute Gasteiger partial charge is 0.322 e. The Morgan fingerprint density at radius 3 is 2.79 bits per heavy atom. The molecule has 0 radical (unpaired) electrons. The number of pyridine rings is 1. The van der Waals surface area contributed by atoms with Gasteiger partial charge in [-0.3, -0.25) is 4.79 Å². The average molecular weight is 278 g/mol. The van der Waals surface area contributed by atoms with E-state index in [4.69, 9.17) is 5.11 Å². The second-order valence-corrected chi connectivity index (χ2v) is 5.94. The highest BCUT2D eigenvalue weighted by atomic mass is 32.1. The summed E-state index contributed by atoms with van der Waals surface area (Å²) in [4.78, 5) is 16.5.